The number of fused-ring (bicyclic) bond motifs is 1. The second-order valence-electron chi connectivity index (χ2n) is 4.53. The summed E-state index contributed by atoms with van der Waals surface area (Å²) in [5.41, 5.74) is 0.783. The zero-order chi connectivity index (χ0) is 14.4. The summed E-state index contributed by atoms with van der Waals surface area (Å²) in [6.07, 6.45) is 6.58. The molecular weight excluding hydrogens is 274 g/mol. The summed E-state index contributed by atoms with van der Waals surface area (Å²) in [4.78, 5) is 20.1. The van der Waals surface area contributed by atoms with Gasteiger partial charge in [0, 0.05) is 13.6 Å². The Morgan fingerprint density at radius 2 is 2.25 bits per heavy atom. The van der Waals surface area contributed by atoms with E-state index in [1.54, 1.807) is 10.9 Å². The van der Waals surface area contributed by atoms with Gasteiger partial charge < -0.3 is 5.32 Å². The van der Waals surface area contributed by atoms with Crippen molar-refractivity contribution in [2.75, 3.05) is 12.3 Å². The molecule has 0 aliphatic rings. The van der Waals surface area contributed by atoms with Gasteiger partial charge in [0.25, 0.3) is 0 Å². The Balaban J connectivity index is 1.88. The average Bonchev–Trinajstić information content (AvgIpc) is 2.84. The normalized spacial score (nSPS) is 10.9. The highest BCUT2D eigenvalue weighted by atomic mass is 32.2. The van der Waals surface area contributed by atoms with Crippen LogP contribution in [0.3, 0.4) is 0 Å². The van der Waals surface area contributed by atoms with Gasteiger partial charge in [0.2, 0.25) is 5.91 Å². The molecule has 20 heavy (non-hydrogen) atoms. The smallest absolute Gasteiger partial charge is 0.230 e. The maximum absolute atomic E-state index is 11.7. The molecule has 1 amide bonds. The molecule has 0 saturated heterocycles. The monoisotopic (exact) mass is 293 g/mol. The third-order valence-corrected chi connectivity index (χ3v) is 3.94. The van der Waals surface area contributed by atoms with E-state index in [1.807, 2.05) is 7.05 Å². The van der Waals surface area contributed by atoms with Crippen LogP contribution >= 0.6 is 11.8 Å². The minimum absolute atomic E-state index is 0.0433. The van der Waals surface area contributed by atoms with E-state index < -0.39 is 0 Å². The molecule has 0 bridgehead atoms. The van der Waals surface area contributed by atoms with Crippen molar-refractivity contribution in [2.24, 2.45) is 7.05 Å². The Morgan fingerprint density at radius 3 is 3.05 bits per heavy atom. The zero-order valence-electron chi connectivity index (χ0n) is 11.8. The molecule has 108 valence electrons. The SMILES string of the molecule is CCCCCNC(=O)CSc1ncnc2c1cnn2C. The van der Waals surface area contributed by atoms with Crippen LogP contribution in [0.2, 0.25) is 0 Å². The minimum Gasteiger partial charge on any atom is -0.355 e. The van der Waals surface area contributed by atoms with Crippen molar-refractivity contribution in [1.29, 1.82) is 0 Å². The molecule has 0 aromatic carbocycles. The van der Waals surface area contributed by atoms with Crippen molar-refractivity contribution in [2.45, 2.75) is 31.2 Å². The van der Waals surface area contributed by atoms with Crippen molar-refractivity contribution >= 4 is 28.7 Å². The number of nitrogens with zero attached hydrogens (tertiary/aromatic N) is 4. The first-order chi connectivity index (χ1) is 9.72. The van der Waals surface area contributed by atoms with E-state index in [4.69, 9.17) is 0 Å². The molecule has 0 fully saturated rings. The van der Waals surface area contributed by atoms with Crippen molar-refractivity contribution in [3.05, 3.63) is 12.5 Å². The van der Waals surface area contributed by atoms with Gasteiger partial charge in [0.1, 0.15) is 11.4 Å². The van der Waals surface area contributed by atoms with Crippen LogP contribution in [0, 0.1) is 0 Å². The summed E-state index contributed by atoms with van der Waals surface area (Å²) in [7, 11) is 1.84. The molecule has 0 radical (unpaired) electrons. The van der Waals surface area contributed by atoms with E-state index >= 15 is 0 Å². The third-order valence-electron chi connectivity index (χ3n) is 2.94. The van der Waals surface area contributed by atoms with Gasteiger partial charge in [-0.25, -0.2) is 9.97 Å². The first-order valence-electron chi connectivity index (χ1n) is 6.74. The number of aromatic nitrogens is 4. The lowest BCUT2D eigenvalue weighted by molar-refractivity contribution is -0.118. The van der Waals surface area contributed by atoms with Crippen LogP contribution in [-0.2, 0) is 11.8 Å². The molecule has 0 atom stereocenters. The lowest BCUT2D eigenvalue weighted by atomic mass is 10.2. The van der Waals surface area contributed by atoms with Crippen LogP contribution in [-0.4, -0.2) is 38.0 Å². The van der Waals surface area contributed by atoms with Crippen LogP contribution in [0.1, 0.15) is 26.2 Å². The van der Waals surface area contributed by atoms with Gasteiger partial charge in [-0.3, -0.25) is 9.48 Å². The standard InChI is InChI=1S/C13H19N5OS/c1-3-4-5-6-14-11(19)8-20-13-10-7-17-18(2)12(10)15-9-16-13/h7,9H,3-6,8H2,1-2H3,(H,14,19). The molecule has 0 aliphatic carbocycles. The lowest BCUT2D eigenvalue weighted by Crippen LogP contribution is -2.26. The molecular formula is C13H19N5OS. The first-order valence-corrected chi connectivity index (χ1v) is 7.73. The molecule has 6 nitrogen and oxygen atoms in total. The number of carbonyl (C=O) groups is 1. The highest BCUT2D eigenvalue weighted by molar-refractivity contribution is 8.00. The number of hydrogen-bond donors (Lipinski definition) is 1. The predicted octanol–water partition coefficient (Wildman–Crippen LogP) is 1.76. The van der Waals surface area contributed by atoms with E-state index in [-0.39, 0.29) is 5.91 Å². The maximum atomic E-state index is 11.7. The second-order valence-corrected chi connectivity index (χ2v) is 5.49. The van der Waals surface area contributed by atoms with Gasteiger partial charge >= 0.3 is 0 Å². The second kappa shape index (κ2) is 7.23. The summed E-state index contributed by atoms with van der Waals surface area (Å²) in [6.45, 7) is 2.89. The first kappa shape index (κ1) is 14.8. The van der Waals surface area contributed by atoms with E-state index in [0.29, 0.717) is 5.75 Å². The Kier molecular flexibility index (Phi) is 5.34. The number of thioether (sulfide) groups is 1. The van der Waals surface area contributed by atoms with Crippen LogP contribution in [0.4, 0.5) is 0 Å². The van der Waals surface area contributed by atoms with Crippen molar-refractivity contribution in [1.82, 2.24) is 25.1 Å². The van der Waals surface area contributed by atoms with Gasteiger partial charge in [-0.15, -0.1) is 0 Å². The minimum atomic E-state index is 0.0433. The van der Waals surface area contributed by atoms with E-state index in [9.17, 15) is 4.79 Å². The molecule has 1 N–H and O–H groups in total. The fraction of sp³-hybridized carbons (Fsp3) is 0.538. The molecule has 0 saturated carbocycles. The van der Waals surface area contributed by atoms with E-state index in [2.05, 4.69) is 27.3 Å². The van der Waals surface area contributed by atoms with E-state index in [0.717, 1.165) is 41.9 Å². The van der Waals surface area contributed by atoms with Gasteiger partial charge in [-0.05, 0) is 6.42 Å². The number of carbonyl (C=O) groups excluding carboxylic acids is 1. The molecule has 2 aromatic rings. The largest absolute Gasteiger partial charge is 0.355 e. The van der Waals surface area contributed by atoms with Gasteiger partial charge in [-0.2, -0.15) is 5.10 Å². The van der Waals surface area contributed by atoms with Crippen molar-refractivity contribution < 1.29 is 4.79 Å². The van der Waals surface area contributed by atoms with Crippen molar-refractivity contribution in [3.8, 4) is 0 Å². The summed E-state index contributed by atoms with van der Waals surface area (Å²) in [5.74, 6) is 0.411. The Labute approximate surface area is 122 Å². The van der Waals surface area contributed by atoms with Crippen LogP contribution in [0.15, 0.2) is 17.6 Å². The molecule has 0 aliphatic heterocycles. The molecule has 0 spiro atoms. The van der Waals surface area contributed by atoms with Crippen LogP contribution < -0.4 is 5.32 Å². The topological polar surface area (TPSA) is 72.7 Å². The number of rotatable bonds is 7. The third kappa shape index (κ3) is 3.69. The molecule has 2 heterocycles. The summed E-state index contributed by atoms with van der Waals surface area (Å²) in [5, 5.41) is 8.76. The fourth-order valence-corrected chi connectivity index (χ4v) is 2.63. The molecule has 7 heteroatoms. The Morgan fingerprint density at radius 1 is 1.40 bits per heavy atom. The van der Waals surface area contributed by atoms with Crippen molar-refractivity contribution in [3.63, 3.8) is 0 Å². The molecule has 2 rings (SSSR count). The highest BCUT2D eigenvalue weighted by Crippen LogP contribution is 2.23. The number of aryl methyl sites for hydroxylation is 1. The molecule has 2 aromatic heterocycles. The Bertz CT molecular complexity index is 583. The van der Waals surface area contributed by atoms with Gasteiger partial charge in [0.15, 0.2) is 5.65 Å². The average molecular weight is 293 g/mol. The van der Waals surface area contributed by atoms with Crippen LogP contribution in [0.5, 0.6) is 0 Å². The zero-order valence-corrected chi connectivity index (χ0v) is 12.6. The number of hydrogen-bond acceptors (Lipinski definition) is 5. The summed E-state index contributed by atoms with van der Waals surface area (Å²) < 4.78 is 1.70. The maximum Gasteiger partial charge on any atom is 0.230 e. The predicted molar refractivity (Wildman–Crippen MR) is 79.6 cm³/mol. The number of amides is 1. The van der Waals surface area contributed by atoms with Gasteiger partial charge in [0.05, 0.1) is 17.3 Å². The van der Waals surface area contributed by atoms with Gasteiger partial charge in [-0.1, -0.05) is 31.5 Å². The number of unbranched alkanes of at least 4 members (excludes halogenated alkanes) is 2. The quantitative estimate of drug-likeness (QED) is 0.478. The molecule has 0 unspecified atom stereocenters. The summed E-state index contributed by atoms with van der Waals surface area (Å²) >= 11 is 1.42. The number of nitrogens with one attached hydrogen (secondary N) is 1. The van der Waals surface area contributed by atoms with E-state index in [1.165, 1.54) is 18.1 Å². The van der Waals surface area contributed by atoms with Crippen LogP contribution in [0.25, 0.3) is 11.0 Å². The fourth-order valence-electron chi connectivity index (χ4n) is 1.84. The highest BCUT2D eigenvalue weighted by Gasteiger charge is 2.10. The Hall–Kier alpha value is -1.63. The summed E-state index contributed by atoms with van der Waals surface area (Å²) in [6, 6.07) is 0. The lowest BCUT2D eigenvalue weighted by Gasteiger charge is -2.04.